The van der Waals surface area contributed by atoms with Crippen LogP contribution in [0.15, 0.2) is 39.0 Å². The van der Waals surface area contributed by atoms with Crippen molar-refractivity contribution in [1.29, 1.82) is 0 Å². The summed E-state index contributed by atoms with van der Waals surface area (Å²) in [5.41, 5.74) is 3.23. The summed E-state index contributed by atoms with van der Waals surface area (Å²) in [4.78, 5) is 31.2. The van der Waals surface area contributed by atoms with Gasteiger partial charge in [0.1, 0.15) is 5.82 Å². The largest absolute Gasteiger partial charge is 0.329 e. The summed E-state index contributed by atoms with van der Waals surface area (Å²) in [5.74, 6) is 0.0598. The van der Waals surface area contributed by atoms with E-state index in [-0.39, 0.29) is 5.82 Å². The van der Waals surface area contributed by atoms with Gasteiger partial charge in [-0.05, 0) is 24.1 Å². The van der Waals surface area contributed by atoms with Crippen molar-refractivity contribution in [2.75, 3.05) is 5.43 Å². The zero-order valence-corrected chi connectivity index (χ0v) is 17.3. The number of unbranched alkanes of at least 4 members (excludes halogenated alkanes) is 5. The van der Waals surface area contributed by atoms with E-state index in [1.165, 1.54) is 42.2 Å². The summed E-state index contributed by atoms with van der Waals surface area (Å²) in [7, 11) is 1.56. The molecule has 0 saturated heterocycles. The van der Waals surface area contributed by atoms with E-state index in [4.69, 9.17) is 0 Å². The molecule has 3 aromatic rings. The van der Waals surface area contributed by atoms with E-state index in [2.05, 4.69) is 27.4 Å². The van der Waals surface area contributed by atoms with Gasteiger partial charge in [0.2, 0.25) is 5.95 Å². The lowest BCUT2D eigenvalue weighted by molar-refractivity contribution is 0.565. The quantitative estimate of drug-likeness (QED) is 0.302. The molecular formula is C21H27FN6O2. The van der Waals surface area contributed by atoms with E-state index in [0.717, 1.165) is 19.3 Å². The predicted molar refractivity (Wildman–Crippen MR) is 117 cm³/mol. The molecule has 0 aliphatic carbocycles. The molecule has 0 spiro atoms. The highest BCUT2D eigenvalue weighted by Gasteiger charge is 2.16. The first kappa shape index (κ1) is 21.5. The number of fused-ring (bicyclic) bond motifs is 1. The second-order valence-corrected chi connectivity index (χ2v) is 7.27. The highest BCUT2D eigenvalue weighted by molar-refractivity contribution is 5.80. The van der Waals surface area contributed by atoms with Gasteiger partial charge >= 0.3 is 5.69 Å². The molecule has 0 radical (unpaired) electrons. The first-order chi connectivity index (χ1) is 14.5. The van der Waals surface area contributed by atoms with Crippen molar-refractivity contribution in [2.24, 2.45) is 12.1 Å². The van der Waals surface area contributed by atoms with Crippen LogP contribution in [0, 0.1) is 5.82 Å². The Morgan fingerprint density at radius 1 is 1.13 bits per heavy atom. The topological polar surface area (TPSA) is 97.1 Å². The van der Waals surface area contributed by atoms with Crippen LogP contribution in [0.5, 0.6) is 0 Å². The van der Waals surface area contributed by atoms with Gasteiger partial charge < -0.3 is 4.57 Å². The number of benzene rings is 1. The number of rotatable bonds is 10. The van der Waals surface area contributed by atoms with Crippen LogP contribution in [-0.4, -0.2) is 25.3 Å². The molecule has 0 aliphatic heterocycles. The van der Waals surface area contributed by atoms with Crippen LogP contribution in [0.4, 0.5) is 10.3 Å². The number of aromatic amines is 1. The number of hydrogen-bond acceptors (Lipinski definition) is 5. The van der Waals surface area contributed by atoms with Gasteiger partial charge in [0, 0.05) is 13.6 Å². The zero-order valence-electron chi connectivity index (χ0n) is 17.3. The van der Waals surface area contributed by atoms with Crippen LogP contribution in [0.3, 0.4) is 0 Å². The number of hydrogen-bond donors (Lipinski definition) is 2. The number of H-pyrrole nitrogens is 1. The van der Waals surface area contributed by atoms with E-state index in [9.17, 15) is 14.0 Å². The number of hydrazone groups is 1. The molecule has 0 fully saturated rings. The van der Waals surface area contributed by atoms with E-state index < -0.39 is 11.2 Å². The average Bonchev–Trinajstić information content (AvgIpc) is 3.09. The smallest absolute Gasteiger partial charge is 0.303 e. The van der Waals surface area contributed by atoms with Crippen molar-refractivity contribution < 1.29 is 4.39 Å². The van der Waals surface area contributed by atoms with E-state index in [0.29, 0.717) is 29.2 Å². The Balaban J connectivity index is 1.84. The van der Waals surface area contributed by atoms with Gasteiger partial charge in [-0.2, -0.15) is 10.1 Å². The first-order valence-electron chi connectivity index (χ1n) is 10.3. The lowest BCUT2D eigenvalue weighted by Gasteiger charge is -2.08. The first-order valence-corrected chi connectivity index (χ1v) is 10.3. The molecular weight excluding hydrogens is 387 g/mol. The van der Waals surface area contributed by atoms with Gasteiger partial charge in [-0.25, -0.2) is 14.6 Å². The van der Waals surface area contributed by atoms with Crippen molar-refractivity contribution in [3.05, 3.63) is 56.5 Å². The summed E-state index contributed by atoms with van der Waals surface area (Å²) >= 11 is 0. The van der Waals surface area contributed by atoms with Crippen molar-refractivity contribution in [3.8, 4) is 0 Å². The van der Waals surface area contributed by atoms with Crippen LogP contribution in [0.1, 0.15) is 51.0 Å². The number of aryl methyl sites for hydroxylation is 2. The second kappa shape index (κ2) is 10.00. The fraction of sp³-hybridized carbons (Fsp3) is 0.429. The van der Waals surface area contributed by atoms with E-state index in [1.807, 2.05) is 0 Å². The number of halogens is 1. The lowest BCUT2D eigenvalue weighted by atomic mass is 10.1. The van der Waals surface area contributed by atoms with Crippen LogP contribution in [0.25, 0.3) is 11.2 Å². The number of nitrogens with one attached hydrogen (secondary N) is 2. The van der Waals surface area contributed by atoms with Crippen molar-refractivity contribution in [3.63, 3.8) is 0 Å². The SMILES string of the molecule is CCCCCCCCn1c(N/N=C/c2ccc(F)cc2)nc2c1c(=O)[nH]c(=O)n2C. The van der Waals surface area contributed by atoms with Crippen molar-refractivity contribution >= 4 is 23.3 Å². The standard InChI is InChI=1S/C21H27FN6O2/c1-3-4-5-6-7-8-13-28-17-18(27(2)21(30)25-19(17)29)24-20(28)26-23-14-15-9-11-16(22)12-10-15/h9-12,14H,3-8,13H2,1-2H3,(H,24,26)(H,25,29,30)/b23-14+. The molecule has 9 heteroatoms. The summed E-state index contributed by atoms with van der Waals surface area (Å²) in [6.07, 6.45) is 8.22. The Kier molecular flexibility index (Phi) is 7.16. The summed E-state index contributed by atoms with van der Waals surface area (Å²) < 4.78 is 16.1. The Bertz CT molecular complexity index is 1130. The van der Waals surface area contributed by atoms with Gasteiger partial charge in [-0.3, -0.25) is 14.3 Å². The fourth-order valence-corrected chi connectivity index (χ4v) is 3.30. The van der Waals surface area contributed by atoms with E-state index >= 15 is 0 Å². The molecule has 8 nitrogen and oxygen atoms in total. The van der Waals surface area contributed by atoms with Crippen LogP contribution in [-0.2, 0) is 13.6 Å². The molecule has 0 saturated carbocycles. The molecule has 2 heterocycles. The highest BCUT2D eigenvalue weighted by Crippen LogP contribution is 2.17. The van der Waals surface area contributed by atoms with Gasteiger partial charge in [-0.1, -0.05) is 51.2 Å². The Morgan fingerprint density at radius 3 is 2.57 bits per heavy atom. The maximum Gasteiger partial charge on any atom is 0.329 e. The number of aromatic nitrogens is 4. The normalized spacial score (nSPS) is 11.6. The molecule has 1 aromatic carbocycles. The zero-order chi connectivity index (χ0) is 21.5. The Labute approximate surface area is 173 Å². The molecule has 2 aromatic heterocycles. The monoisotopic (exact) mass is 414 g/mol. The van der Waals surface area contributed by atoms with Crippen molar-refractivity contribution in [2.45, 2.75) is 52.0 Å². The van der Waals surface area contributed by atoms with Crippen LogP contribution >= 0.6 is 0 Å². The van der Waals surface area contributed by atoms with Gasteiger partial charge in [0.05, 0.1) is 6.21 Å². The molecule has 0 aliphatic rings. The average molecular weight is 414 g/mol. The minimum atomic E-state index is -0.516. The predicted octanol–water partition coefficient (Wildman–Crippen LogP) is 3.37. The molecule has 160 valence electrons. The molecule has 0 bridgehead atoms. The maximum absolute atomic E-state index is 13.0. The Morgan fingerprint density at radius 2 is 1.83 bits per heavy atom. The van der Waals surface area contributed by atoms with Crippen molar-refractivity contribution in [1.82, 2.24) is 19.1 Å². The fourth-order valence-electron chi connectivity index (χ4n) is 3.30. The molecule has 0 amide bonds. The van der Waals surface area contributed by atoms with Crippen LogP contribution < -0.4 is 16.7 Å². The van der Waals surface area contributed by atoms with Crippen LogP contribution in [0.2, 0.25) is 0 Å². The second-order valence-electron chi connectivity index (χ2n) is 7.27. The minimum absolute atomic E-state index is 0.300. The third kappa shape index (κ3) is 5.03. The van der Waals surface area contributed by atoms with Gasteiger partial charge in [-0.15, -0.1) is 0 Å². The summed E-state index contributed by atoms with van der Waals surface area (Å²) in [6.45, 7) is 2.76. The highest BCUT2D eigenvalue weighted by atomic mass is 19.1. The molecule has 0 unspecified atom stereocenters. The molecule has 0 atom stereocenters. The maximum atomic E-state index is 13.0. The number of imidazole rings is 1. The van der Waals surface area contributed by atoms with Gasteiger partial charge in [0.25, 0.3) is 5.56 Å². The number of anilines is 1. The third-order valence-electron chi connectivity index (χ3n) is 4.99. The van der Waals surface area contributed by atoms with Gasteiger partial charge in [0.15, 0.2) is 11.2 Å². The minimum Gasteiger partial charge on any atom is -0.303 e. The lowest BCUT2D eigenvalue weighted by Crippen LogP contribution is -2.29. The molecule has 2 N–H and O–H groups in total. The number of nitrogens with zero attached hydrogens (tertiary/aromatic N) is 4. The third-order valence-corrected chi connectivity index (χ3v) is 4.99. The summed E-state index contributed by atoms with van der Waals surface area (Å²) in [5, 5.41) is 4.17. The Hall–Kier alpha value is -3.23. The molecule has 30 heavy (non-hydrogen) atoms. The summed E-state index contributed by atoms with van der Waals surface area (Å²) in [6, 6.07) is 5.91. The molecule has 3 rings (SSSR count). The van der Waals surface area contributed by atoms with E-state index in [1.54, 1.807) is 23.7 Å².